The maximum Gasteiger partial charge on any atom is 0.0163 e. The van der Waals surface area contributed by atoms with Crippen LogP contribution >= 0.6 is 0 Å². The Balaban J connectivity index is 0.000000238. The molecule has 43 heavy (non-hydrogen) atoms. The minimum absolute atomic E-state index is 0. The summed E-state index contributed by atoms with van der Waals surface area (Å²) in [5.41, 5.74) is 7.80. The van der Waals surface area contributed by atoms with Crippen molar-refractivity contribution in [3.05, 3.63) is 157 Å². The van der Waals surface area contributed by atoms with Crippen LogP contribution in [-0.4, -0.2) is 9.97 Å². The number of nitrogens with zero attached hydrogens (tertiary/aromatic N) is 2. The number of aromatic nitrogens is 2. The average molecular weight is 733 g/mol. The Kier molecular flexibility index (Phi) is 9.26. The van der Waals surface area contributed by atoms with Gasteiger partial charge in [0.15, 0.2) is 0 Å². The second-order valence-corrected chi connectivity index (χ2v) is 11.4. The van der Waals surface area contributed by atoms with E-state index < -0.39 is 0 Å². The van der Waals surface area contributed by atoms with E-state index in [-0.39, 0.29) is 25.5 Å². The van der Waals surface area contributed by atoms with E-state index in [9.17, 15) is 0 Å². The Morgan fingerprint density at radius 1 is 0.535 bits per heavy atom. The number of benzene rings is 5. The minimum atomic E-state index is 0. The van der Waals surface area contributed by atoms with Crippen LogP contribution in [0.2, 0.25) is 0 Å². The molecule has 0 fully saturated rings. The van der Waals surface area contributed by atoms with Crippen molar-refractivity contribution in [3.8, 4) is 33.6 Å². The van der Waals surface area contributed by atoms with E-state index >= 15 is 0 Å². The third-order valence-corrected chi connectivity index (χ3v) is 7.43. The zero-order chi connectivity index (χ0) is 28.9. The van der Waals surface area contributed by atoms with Crippen molar-refractivity contribution in [2.45, 2.75) is 26.2 Å². The van der Waals surface area contributed by atoms with Crippen molar-refractivity contribution in [2.75, 3.05) is 0 Å². The summed E-state index contributed by atoms with van der Waals surface area (Å²) in [6, 6.07) is 50.4. The van der Waals surface area contributed by atoms with Gasteiger partial charge in [-0.25, -0.2) is 0 Å². The summed E-state index contributed by atoms with van der Waals surface area (Å²) in [4.78, 5) is 8.86. The number of pyridine rings is 2. The third-order valence-electron chi connectivity index (χ3n) is 7.43. The van der Waals surface area contributed by atoms with Crippen LogP contribution in [0.4, 0.5) is 0 Å². The normalized spacial score (nSPS) is 11.0. The number of fused-ring (bicyclic) bond motifs is 3. The van der Waals surface area contributed by atoms with Crippen LogP contribution in [0.15, 0.2) is 140 Å². The quantitative estimate of drug-likeness (QED) is 0.134. The maximum atomic E-state index is 4.64. The summed E-state index contributed by atoms with van der Waals surface area (Å²) in [7, 11) is 0. The van der Waals surface area contributed by atoms with Crippen molar-refractivity contribution in [1.82, 2.24) is 9.97 Å². The fourth-order valence-electron chi connectivity index (χ4n) is 5.19. The first kappa shape index (κ1) is 30.0. The summed E-state index contributed by atoms with van der Waals surface area (Å²) >= 11 is 0. The Labute approximate surface area is 267 Å². The van der Waals surface area contributed by atoms with E-state index in [4.69, 9.17) is 0 Å². The van der Waals surface area contributed by atoms with Crippen LogP contribution in [0.25, 0.3) is 55.2 Å². The summed E-state index contributed by atoms with van der Waals surface area (Å²) in [5, 5.41) is 5.10. The van der Waals surface area contributed by atoms with E-state index in [1.807, 2.05) is 54.7 Å². The number of rotatable bonds is 3. The summed E-state index contributed by atoms with van der Waals surface area (Å²) in [5.74, 6) is 0. The molecule has 2 heterocycles. The molecule has 0 atom stereocenters. The van der Waals surface area contributed by atoms with Gasteiger partial charge in [-0.1, -0.05) is 87.5 Å². The van der Waals surface area contributed by atoms with Gasteiger partial charge in [0, 0.05) is 32.5 Å². The topological polar surface area (TPSA) is 25.8 Å². The van der Waals surface area contributed by atoms with E-state index in [1.54, 1.807) is 6.20 Å². The minimum Gasteiger partial charge on any atom is -0.305 e. The molecule has 2 nitrogen and oxygen atoms in total. The zero-order valence-corrected chi connectivity index (χ0v) is 26.9. The molecule has 213 valence electrons. The molecule has 7 aromatic rings. The number of hydrogen-bond acceptors (Lipinski definition) is 2. The van der Waals surface area contributed by atoms with Gasteiger partial charge < -0.3 is 9.97 Å². The first-order valence-electron chi connectivity index (χ1n) is 14.2. The Morgan fingerprint density at radius 3 is 1.98 bits per heavy atom. The molecule has 0 aliphatic carbocycles. The predicted octanol–water partition coefficient (Wildman–Crippen LogP) is 10.4. The van der Waals surface area contributed by atoms with Crippen molar-refractivity contribution in [3.63, 3.8) is 0 Å². The smallest absolute Gasteiger partial charge is 0.0163 e. The molecule has 2 aromatic heterocycles. The molecule has 0 N–H and O–H groups in total. The third kappa shape index (κ3) is 6.81. The van der Waals surface area contributed by atoms with E-state index in [0.717, 1.165) is 22.5 Å². The molecule has 0 bridgehead atoms. The summed E-state index contributed by atoms with van der Waals surface area (Å²) in [6.45, 7) is 6.69. The van der Waals surface area contributed by atoms with Gasteiger partial charge in [0.1, 0.15) is 0 Å². The van der Waals surface area contributed by atoms with Crippen LogP contribution < -0.4 is 0 Å². The molecule has 0 aliphatic rings. The maximum absolute atomic E-state index is 4.64. The molecule has 0 aliphatic heterocycles. The van der Waals surface area contributed by atoms with Crippen molar-refractivity contribution < 1.29 is 20.1 Å². The van der Waals surface area contributed by atoms with Gasteiger partial charge in [-0.05, 0) is 67.7 Å². The Hall–Kier alpha value is -4.43. The first-order chi connectivity index (χ1) is 20.5. The van der Waals surface area contributed by atoms with Crippen LogP contribution in [0.5, 0.6) is 0 Å². The fraction of sp³-hybridized carbons (Fsp3) is 0.100. The van der Waals surface area contributed by atoms with Crippen LogP contribution in [0.1, 0.15) is 26.3 Å². The second kappa shape index (κ2) is 13.3. The SMILES string of the molecule is CC(C)(C)c1ccnc(-c2[c-]ccc(-c3cc4ccccc4c4ccccc34)c2)c1.[Ir].[c-]1ccccc1-c1ccccn1. The molecule has 3 heteroatoms. The van der Waals surface area contributed by atoms with Gasteiger partial charge in [-0.2, -0.15) is 0 Å². The molecule has 0 unspecified atom stereocenters. The van der Waals surface area contributed by atoms with E-state index in [1.165, 1.54) is 38.2 Å². The standard InChI is InChI=1S/C29H24N.C11H8N.Ir/c1-29(2,3)23-15-16-30-28(19-23)22-11-8-10-20(17-22)27-18-21-9-4-5-12-24(21)25-13-6-7-14-26(25)27;1-2-6-10(7-3-1)11-8-4-5-9-12-11;/h4-10,12-19H,1-3H3;1-6,8-9H;/q2*-1;. The van der Waals surface area contributed by atoms with E-state index in [0.29, 0.717) is 0 Å². The van der Waals surface area contributed by atoms with Crippen LogP contribution in [0, 0.1) is 12.1 Å². The van der Waals surface area contributed by atoms with Gasteiger partial charge in [-0.15, -0.1) is 71.3 Å². The van der Waals surface area contributed by atoms with Crippen LogP contribution in [-0.2, 0) is 25.5 Å². The second-order valence-electron chi connectivity index (χ2n) is 11.4. The Bertz CT molecular complexity index is 1920. The average Bonchev–Trinajstić information content (AvgIpc) is 3.05. The number of hydrogen-bond donors (Lipinski definition) is 0. The summed E-state index contributed by atoms with van der Waals surface area (Å²) in [6.07, 6.45) is 3.69. The molecule has 0 spiro atoms. The molecular weight excluding hydrogens is 701 g/mol. The zero-order valence-electron chi connectivity index (χ0n) is 24.5. The Morgan fingerprint density at radius 2 is 1.23 bits per heavy atom. The van der Waals surface area contributed by atoms with Gasteiger partial charge >= 0.3 is 0 Å². The molecule has 0 amide bonds. The first-order valence-corrected chi connectivity index (χ1v) is 14.2. The van der Waals surface area contributed by atoms with Gasteiger partial charge in [-0.3, -0.25) is 0 Å². The molecule has 0 saturated carbocycles. The molecular formula is C40H32IrN2-2. The van der Waals surface area contributed by atoms with Gasteiger partial charge in [0.05, 0.1) is 0 Å². The van der Waals surface area contributed by atoms with Crippen LogP contribution in [0.3, 0.4) is 0 Å². The molecule has 7 rings (SSSR count). The fourth-order valence-corrected chi connectivity index (χ4v) is 5.19. The van der Waals surface area contributed by atoms with Crippen molar-refractivity contribution in [2.24, 2.45) is 0 Å². The monoisotopic (exact) mass is 733 g/mol. The largest absolute Gasteiger partial charge is 0.305 e. The molecule has 1 radical (unpaired) electrons. The van der Waals surface area contributed by atoms with Gasteiger partial charge in [0.25, 0.3) is 0 Å². The molecule has 5 aromatic carbocycles. The van der Waals surface area contributed by atoms with Crippen molar-refractivity contribution in [1.29, 1.82) is 0 Å². The van der Waals surface area contributed by atoms with E-state index in [2.05, 4.69) is 122 Å². The van der Waals surface area contributed by atoms with Gasteiger partial charge in [0.2, 0.25) is 0 Å². The van der Waals surface area contributed by atoms with Crippen molar-refractivity contribution >= 4 is 21.5 Å². The molecule has 0 saturated heterocycles. The summed E-state index contributed by atoms with van der Waals surface area (Å²) < 4.78 is 0. The predicted molar refractivity (Wildman–Crippen MR) is 176 cm³/mol.